The van der Waals surface area contributed by atoms with Crippen LogP contribution in [0.3, 0.4) is 0 Å². The number of hydrogen-bond donors (Lipinski definition) is 1. The molecule has 0 fully saturated rings. The summed E-state index contributed by atoms with van der Waals surface area (Å²) in [5.74, 6) is -1.02. The Morgan fingerprint density at radius 3 is 2.26 bits per heavy atom. The minimum atomic E-state index is -4.03. The van der Waals surface area contributed by atoms with Crippen LogP contribution in [0.5, 0.6) is 11.5 Å². The number of anilines is 1. The van der Waals surface area contributed by atoms with Crippen molar-refractivity contribution in [2.75, 3.05) is 11.8 Å². The molecule has 0 aromatic heterocycles. The molecule has 0 aliphatic rings. The van der Waals surface area contributed by atoms with E-state index in [9.17, 15) is 21.6 Å². The summed E-state index contributed by atoms with van der Waals surface area (Å²) in [6.07, 6.45) is 0. The summed E-state index contributed by atoms with van der Waals surface area (Å²) in [5, 5.41) is 0. The molecular formula is C14H12F3NO4S. The van der Waals surface area contributed by atoms with Gasteiger partial charge in [0, 0.05) is 5.69 Å². The predicted molar refractivity (Wildman–Crippen MR) is 76.8 cm³/mol. The summed E-state index contributed by atoms with van der Waals surface area (Å²) in [7, 11) is -2.77. The summed E-state index contributed by atoms with van der Waals surface area (Å²) in [6.45, 7) is -2.97. The molecule has 5 nitrogen and oxygen atoms in total. The van der Waals surface area contributed by atoms with Crippen LogP contribution in [0.25, 0.3) is 0 Å². The topological polar surface area (TPSA) is 64.6 Å². The third-order valence-electron chi connectivity index (χ3n) is 2.77. The SMILES string of the molecule is COc1ccc(S(=O)(=O)Nc2ccc(OC(F)F)cc2)cc1F. The smallest absolute Gasteiger partial charge is 0.387 e. The minimum absolute atomic E-state index is 0.0857. The third kappa shape index (κ3) is 4.28. The summed E-state index contributed by atoms with van der Waals surface area (Å²) in [4.78, 5) is -0.302. The second-order valence-corrected chi connectivity index (χ2v) is 5.99. The first kappa shape index (κ1) is 16.9. The molecule has 0 spiro atoms. The van der Waals surface area contributed by atoms with Crippen LogP contribution in [0.1, 0.15) is 0 Å². The number of benzene rings is 2. The number of methoxy groups -OCH3 is 1. The summed E-state index contributed by atoms with van der Waals surface area (Å²) >= 11 is 0. The Hall–Kier alpha value is -2.42. The number of rotatable bonds is 6. The number of hydrogen-bond acceptors (Lipinski definition) is 4. The van der Waals surface area contributed by atoms with Crippen LogP contribution in [0.4, 0.5) is 18.9 Å². The fraction of sp³-hybridized carbons (Fsp3) is 0.143. The number of halogens is 3. The Morgan fingerprint density at radius 2 is 1.74 bits per heavy atom. The molecular weight excluding hydrogens is 335 g/mol. The summed E-state index contributed by atoms with van der Waals surface area (Å²) in [6, 6.07) is 8.03. The Labute approximate surface area is 130 Å². The van der Waals surface area contributed by atoms with E-state index in [1.165, 1.54) is 43.5 Å². The van der Waals surface area contributed by atoms with Gasteiger partial charge in [-0.15, -0.1) is 0 Å². The van der Waals surface area contributed by atoms with Crippen LogP contribution in [0.2, 0.25) is 0 Å². The van der Waals surface area contributed by atoms with Gasteiger partial charge >= 0.3 is 6.61 Å². The first-order chi connectivity index (χ1) is 10.8. The van der Waals surface area contributed by atoms with Gasteiger partial charge in [-0.3, -0.25) is 4.72 Å². The van der Waals surface area contributed by atoms with E-state index in [1.54, 1.807) is 0 Å². The van der Waals surface area contributed by atoms with E-state index in [4.69, 9.17) is 4.74 Å². The third-order valence-corrected chi connectivity index (χ3v) is 4.14. The van der Waals surface area contributed by atoms with Crippen LogP contribution < -0.4 is 14.2 Å². The molecule has 0 atom stereocenters. The molecule has 0 aliphatic carbocycles. The lowest BCUT2D eigenvalue weighted by molar-refractivity contribution is -0.0498. The maximum absolute atomic E-state index is 13.6. The monoisotopic (exact) mass is 347 g/mol. The van der Waals surface area contributed by atoms with E-state index in [0.717, 1.165) is 6.07 Å². The lowest BCUT2D eigenvalue weighted by atomic mass is 10.3. The van der Waals surface area contributed by atoms with Crippen molar-refractivity contribution in [1.29, 1.82) is 0 Å². The molecule has 0 unspecified atom stereocenters. The molecule has 23 heavy (non-hydrogen) atoms. The van der Waals surface area contributed by atoms with Crippen LogP contribution in [0, 0.1) is 5.82 Å². The zero-order chi connectivity index (χ0) is 17.0. The standard InChI is InChI=1S/C14H12F3NO4S/c1-21-13-7-6-11(8-12(13)15)23(19,20)18-9-2-4-10(5-3-9)22-14(16)17/h2-8,14,18H,1H3. The van der Waals surface area contributed by atoms with Crippen molar-refractivity contribution in [2.24, 2.45) is 0 Å². The molecule has 0 aliphatic heterocycles. The normalized spacial score (nSPS) is 11.3. The molecule has 0 saturated carbocycles. The zero-order valence-electron chi connectivity index (χ0n) is 11.8. The molecule has 2 rings (SSSR count). The van der Waals surface area contributed by atoms with Gasteiger partial charge in [-0.2, -0.15) is 8.78 Å². The second-order valence-electron chi connectivity index (χ2n) is 4.30. The molecule has 0 bridgehead atoms. The average Bonchev–Trinajstić information content (AvgIpc) is 2.48. The fourth-order valence-corrected chi connectivity index (χ4v) is 2.80. The van der Waals surface area contributed by atoms with Gasteiger partial charge < -0.3 is 9.47 Å². The van der Waals surface area contributed by atoms with Crippen molar-refractivity contribution < 1.29 is 31.1 Å². The largest absolute Gasteiger partial charge is 0.494 e. The van der Waals surface area contributed by atoms with Gasteiger partial charge in [-0.1, -0.05) is 0 Å². The zero-order valence-corrected chi connectivity index (χ0v) is 12.6. The van der Waals surface area contributed by atoms with Gasteiger partial charge in [0.05, 0.1) is 12.0 Å². The number of sulfonamides is 1. The Balaban J connectivity index is 2.19. The molecule has 0 radical (unpaired) electrons. The van der Waals surface area contributed by atoms with Crippen LogP contribution in [-0.2, 0) is 10.0 Å². The highest BCUT2D eigenvalue weighted by Crippen LogP contribution is 2.24. The van der Waals surface area contributed by atoms with Crippen molar-refractivity contribution in [3.05, 3.63) is 48.3 Å². The van der Waals surface area contributed by atoms with Crippen LogP contribution >= 0.6 is 0 Å². The highest BCUT2D eigenvalue weighted by atomic mass is 32.2. The molecule has 1 N–H and O–H groups in total. The first-order valence-electron chi connectivity index (χ1n) is 6.23. The number of alkyl halides is 2. The lowest BCUT2D eigenvalue weighted by Gasteiger charge is -2.10. The first-order valence-corrected chi connectivity index (χ1v) is 7.71. The lowest BCUT2D eigenvalue weighted by Crippen LogP contribution is -2.13. The maximum Gasteiger partial charge on any atom is 0.387 e. The van der Waals surface area contributed by atoms with E-state index >= 15 is 0 Å². The van der Waals surface area contributed by atoms with Crippen molar-refractivity contribution in [3.8, 4) is 11.5 Å². The highest BCUT2D eigenvalue weighted by Gasteiger charge is 2.17. The quantitative estimate of drug-likeness (QED) is 0.871. The minimum Gasteiger partial charge on any atom is -0.494 e. The second kappa shape index (κ2) is 6.78. The van der Waals surface area contributed by atoms with Gasteiger partial charge in [0.2, 0.25) is 0 Å². The van der Waals surface area contributed by atoms with Crippen molar-refractivity contribution in [2.45, 2.75) is 11.5 Å². The van der Waals surface area contributed by atoms with E-state index < -0.39 is 22.5 Å². The predicted octanol–water partition coefficient (Wildman–Crippen LogP) is 3.24. The average molecular weight is 347 g/mol. The van der Waals surface area contributed by atoms with Crippen molar-refractivity contribution in [1.82, 2.24) is 0 Å². The van der Waals surface area contributed by atoms with Crippen LogP contribution in [-0.4, -0.2) is 22.1 Å². The summed E-state index contributed by atoms with van der Waals surface area (Å²) < 4.78 is 73.0. The van der Waals surface area contributed by atoms with Gasteiger partial charge in [0.15, 0.2) is 11.6 Å². The van der Waals surface area contributed by atoms with E-state index in [1.807, 2.05) is 0 Å². The highest BCUT2D eigenvalue weighted by molar-refractivity contribution is 7.92. The number of ether oxygens (including phenoxy) is 2. The van der Waals surface area contributed by atoms with Gasteiger partial charge in [-0.05, 0) is 42.5 Å². The molecule has 2 aromatic rings. The van der Waals surface area contributed by atoms with Crippen LogP contribution in [0.15, 0.2) is 47.4 Å². The molecule has 0 saturated heterocycles. The van der Waals surface area contributed by atoms with Crippen molar-refractivity contribution >= 4 is 15.7 Å². The van der Waals surface area contributed by atoms with E-state index in [-0.39, 0.29) is 22.1 Å². The Morgan fingerprint density at radius 1 is 1.09 bits per heavy atom. The molecule has 124 valence electrons. The Bertz CT molecular complexity index is 779. The van der Waals surface area contributed by atoms with E-state index in [2.05, 4.69) is 9.46 Å². The maximum atomic E-state index is 13.6. The van der Waals surface area contributed by atoms with Gasteiger partial charge in [-0.25, -0.2) is 12.8 Å². The van der Waals surface area contributed by atoms with E-state index in [0.29, 0.717) is 0 Å². The fourth-order valence-electron chi connectivity index (χ4n) is 1.73. The molecule has 0 amide bonds. The Kier molecular flexibility index (Phi) is 4.99. The van der Waals surface area contributed by atoms with Gasteiger partial charge in [0.25, 0.3) is 10.0 Å². The number of nitrogens with one attached hydrogen (secondary N) is 1. The molecule has 9 heteroatoms. The van der Waals surface area contributed by atoms with Crippen molar-refractivity contribution in [3.63, 3.8) is 0 Å². The molecule has 2 aromatic carbocycles. The van der Waals surface area contributed by atoms with Gasteiger partial charge in [0.1, 0.15) is 5.75 Å². The molecule has 0 heterocycles. The summed E-state index contributed by atoms with van der Waals surface area (Å²) in [5.41, 5.74) is 0.114.